The third kappa shape index (κ3) is 3.47. The number of benzene rings is 1. The first-order chi connectivity index (χ1) is 9.04. The molecule has 0 aromatic heterocycles. The van der Waals surface area contributed by atoms with E-state index in [4.69, 9.17) is 10.5 Å². The molecule has 104 valence electrons. The van der Waals surface area contributed by atoms with E-state index in [1.807, 2.05) is 6.92 Å². The molecule has 0 saturated heterocycles. The standard InChI is InChI=1S/C14H19NO4/c1-4-5-11(14(17)19-3)10-7-6-9(8-12(10)15)13(16)18-2/h6-8,11H,4-5,15H2,1-3H3. The van der Waals surface area contributed by atoms with Crippen molar-refractivity contribution in [1.29, 1.82) is 0 Å². The summed E-state index contributed by atoms with van der Waals surface area (Å²) in [6.07, 6.45) is 1.48. The third-order valence-corrected chi connectivity index (χ3v) is 2.95. The van der Waals surface area contributed by atoms with E-state index in [0.29, 0.717) is 23.2 Å². The van der Waals surface area contributed by atoms with Crippen LogP contribution in [0.4, 0.5) is 5.69 Å². The van der Waals surface area contributed by atoms with Gasteiger partial charge in [0.15, 0.2) is 0 Å². The lowest BCUT2D eigenvalue weighted by atomic mass is 9.92. The Kier molecular flexibility index (Phi) is 5.36. The lowest BCUT2D eigenvalue weighted by Crippen LogP contribution is -2.16. The summed E-state index contributed by atoms with van der Waals surface area (Å²) < 4.78 is 9.41. The van der Waals surface area contributed by atoms with Gasteiger partial charge in [-0.15, -0.1) is 0 Å². The van der Waals surface area contributed by atoms with Crippen molar-refractivity contribution in [3.05, 3.63) is 29.3 Å². The maximum absolute atomic E-state index is 11.8. The van der Waals surface area contributed by atoms with E-state index in [9.17, 15) is 9.59 Å². The monoisotopic (exact) mass is 265 g/mol. The predicted molar refractivity (Wildman–Crippen MR) is 71.9 cm³/mol. The van der Waals surface area contributed by atoms with E-state index in [-0.39, 0.29) is 5.97 Å². The zero-order valence-corrected chi connectivity index (χ0v) is 11.4. The number of carbonyl (C=O) groups is 2. The minimum Gasteiger partial charge on any atom is -0.469 e. The lowest BCUT2D eigenvalue weighted by molar-refractivity contribution is -0.142. The Balaban J connectivity index is 3.11. The van der Waals surface area contributed by atoms with Gasteiger partial charge >= 0.3 is 11.9 Å². The van der Waals surface area contributed by atoms with E-state index in [1.165, 1.54) is 20.3 Å². The second-order valence-electron chi connectivity index (χ2n) is 4.20. The fourth-order valence-electron chi connectivity index (χ4n) is 1.97. The Morgan fingerprint density at radius 2 is 1.95 bits per heavy atom. The van der Waals surface area contributed by atoms with E-state index in [0.717, 1.165) is 6.42 Å². The van der Waals surface area contributed by atoms with Gasteiger partial charge in [-0.3, -0.25) is 4.79 Å². The number of ether oxygens (including phenoxy) is 2. The largest absolute Gasteiger partial charge is 0.469 e. The van der Waals surface area contributed by atoms with Crippen molar-refractivity contribution in [1.82, 2.24) is 0 Å². The first kappa shape index (κ1) is 15.0. The maximum atomic E-state index is 11.8. The molecule has 1 atom stereocenters. The molecule has 0 spiro atoms. The molecule has 0 aliphatic rings. The van der Waals surface area contributed by atoms with Crippen LogP contribution in [0.2, 0.25) is 0 Å². The number of nitrogens with two attached hydrogens (primary N) is 1. The lowest BCUT2D eigenvalue weighted by Gasteiger charge is -2.16. The SMILES string of the molecule is CCCC(C(=O)OC)c1ccc(C(=O)OC)cc1N. The second-order valence-corrected chi connectivity index (χ2v) is 4.20. The number of methoxy groups -OCH3 is 2. The van der Waals surface area contributed by atoms with Crippen molar-refractivity contribution in [2.45, 2.75) is 25.7 Å². The molecule has 1 rings (SSSR count). The van der Waals surface area contributed by atoms with Crippen LogP contribution in [0.15, 0.2) is 18.2 Å². The summed E-state index contributed by atoms with van der Waals surface area (Å²) in [5.41, 5.74) is 7.36. The van der Waals surface area contributed by atoms with Crippen LogP contribution in [0, 0.1) is 0 Å². The second kappa shape index (κ2) is 6.78. The first-order valence-corrected chi connectivity index (χ1v) is 6.10. The summed E-state index contributed by atoms with van der Waals surface area (Å²) in [5.74, 6) is -1.18. The molecule has 0 saturated carbocycles. The number of hydrogen-bond donors (Lipinski definition) is 1. The smallest absolute Gasteiger partial charge is 0.337 e. The summed E-state index contributed by atoms with van der Waals surface area (Å²) in [4.78, 5) is 23.2. The molecule has 5 nitrogen and oxygen atoms in total. The molecule has 0 fully saturated rings. The number of carbonyl (C=O) groups excluding carboxylic acids is 2. The summed E-state index contributed by atoms with van der Waals surface area (Å²) in [6, 6.07) is 4.80. The van der Waals surface area contributed by atoms with Gasteiger partial charge in [-0.2, -0.15) is 0 Å². The highest BCUT2D eigenvalue weighted by molar-refractivity contribution is 5.91. The van der Waals surface area contributed by atoms with Crippen molar-refractivity contribution in [3.8, 4) is 0 Å². The number of nitrogen functional groups attached to an aromatic ring is 1. The highest BCUT2D eigenvalue weighted by Crippen LogP contribution is 2.28. The van der Waals surface area contributed by atoms with Gasteiger partial charge in [0.05, 0.1) is 25.7 Å². The Morgan fingerprint density at radius 1 is 1.26 bits per heavy atom. The molecule has 1 aromatic carbocycles. The highest BCUT2D eigenvalue weighted by atomic mass is 16.5. The zero-order chi connectivity index (χ0) is 14.4. The molecule has 0 heterocycles. The number of hydrogen-bond acceptors (Lipinski definition) is 5. The van der Waals surface area contributed by atoms with E-state index in [2.05, 4.69) is 4.74 Å². The maximum Gasteiger partial charge on any atom is 0.337 e. The normalized spacial score (nSPS) is 11.7. The summed E-state index contributed by atoms with van der Waals surface area (Å²) >= 11 is 0. The number of anilines is 1. The number of rotatable bonds is 5. The van der Waals surface area contributed by atoms with Gasteiger partial charge in [0.1, 0.15) is 0 Å². The summed E-state index contributed by atoms with van der Waals surface area (Å²) in [7, 11) is 2.66. The Hall–Kier alpha value is -2.04. The molecule has 1 aromatic rings. The molecular formula is C14H19NO4. The van der Waals surface area contributed by atoms with E-state index in [1.54, 1.807) is 12.1 Å². The highest BCUT2D eigenvalue weighted by Gasteiger charge is 2.23. The van der Waals surface area contributed by atoms with E-state index < -0.39 is 11.9 Å². The molecule has 19 heavy (non-hydrogen) atoms. The topological polar surface area (TPSA) is 78.6 Å². The molecule has 1 unspecified atom stereocenters. The Bertz CT molecular complexity index is 471. The van der Waals surface area contributed by atoms with Crippen LogP contribution < -0.4 is 5.73 Å². The predicted octanol–water partition coefficient (Wildman–Crippen LogP) is 2.11. The fourth-order valence-corrected chi connectivity index (χ4v) is 1.97. The zero-order valence-electron chi connectivity index (χ0n) is 11.4. The van der Waals surface area contributed by atoms with Gasteiger partial charge in [0, 0.05) is 5.69 Å². The van der Waals surface area contributed by atoms with Crippen LogP contribution in [0.3, 0.4) is 0 Å². The minimum absolute atomic E-state index is 0.320. The van der Waals surface area contributed by atoms with Crippen LogP contribution in [0.1, 0.15) is 41.6 Å². The van der Waals surface area contributed by atoms with E-state index >= 15 is 0 Å². The van der Waals surface area contributed by atoms with Gasteiger partial charge < -0.3 is 15.2 Å². The number of esters is 2. The average Bonchev–Trinajstić information content (AvgIpc) is 2.43. The summed E-state index contributed by atoms with van der Waals surface area (Å²) in [6.45, 7) is 1.98. The molecule has 5 heteroatoms. The molecule has 0 amide bonds. The van der Waals surface area contributed by atoms with Gasteiger partial charge in [-0.25, -0.2) is 4.79 Å². The van der Waals surface area contributed by atoms with Gasteiger partial charge in [0.2, 0.25) is 0 Å². The van der Waals surface area contributed by atoms with Crippen LogP contribution in [0.5, 0.6) is 0 Å². The Morgan fingerprint density at radius 3 is 2.42 bits per heavy atom. The van der Waals surface area contributed by atoms with Crippen molar-refractivity contribution < 1.29 is 19.1 Å². The molecule has 0 radical (unpaired) electrons. The first-order valence-electron chi connectivity index (χ1n) is 6.10. The van der Waals surface area contributed by atoms with Crippen LogP contribution in [0.25, 0.3) is 0 Å². The van der Waals surface area contributed by atoms with Crippen molar-refractivity contribution >= 4 is 17.6 Å². The van der Waals surface area contributed by atoms with Crippen LogP contribution >= 0.6 is 0 Å². The third-order valence-electron chi connectivity index (χ3n) is 2.95. The minimum atomic E-state index is -0.455. The van der Waals surface area contributed by atoms with Gasteiger partial charge in [0.25, 0.3) is 0 Å². The van der Waals surface area contributed by atoms with Crippen molar-refractivity contribution in [2.24, 2.45) is 0 Å². The van der Waals surface area contributed by atoms with Crippen LogP contribution in [-0.2, 0) is 14.3 Å². The van der Waals surface area contributed by atoms with Crippen molar-refractivity contribution in [2.75, 3.05) is 20.0 Å². The molecule has 0 aliphatic heterocycles. The van der Waals surface area contributed by atoms with Gasteiger partial charge in [-0.1, -0.05) is 19.4 Å². The Labute approximate surface area is 112 Å². The average molecular weight is 265 g/mol. The summed E-state index contributed by atoms with van der Waals surface area (Å²) in [5, 5.41) is 0. The molecule has 0 aliphatic carbocycles. The molecule has 2 N–H and O–H groups in total. The van der Waals surface area contributed by atoms with Crippen molar-refractivity contribution in [3.63, 3.8) is 0 Å². The van der Waals surface area contributed by atoms with Crippen LogP contribution in [-0.4, -0.2) is 26.2 Å². The van der Waals surface area contributed by atoms with Gasteiger partial charge in [-0.05, 0) is 24.1 Å². The molecule has 0 bridgehead atoms. The fraction of sp³-hybridized carbons (Fsp3) is 0.429. The molecular weight excluding hydrogens is 246 g/mol. The quantitative estimate of drug-likeness (QED) is 0.651.